The summed E-state index contributed by atoms with van der Waals surface area (Å²) in [4.78, 5) is 21.8. The van der Waals surface area contributed by atoms with Crippen molar-refractivity contribution in [3.05, 3.63) is 0 Å². The molecule has 0 aromatic heterocycles. The molecule has 0 aliphatic carbocycles. The lowest BCUT2D eigenvalue weighted by Gasteiger charge is -2.12. The van der Waals surface area contributed by atoms with Crippen LogP contribution in [-0.2, 0) is 14.3 Å². The summed E-state index contributed by atoms with van der Waals surface area (Å²) < 4.78 is 5.10. The minimum atomic E-state index is -0.736. The minimum absolute atomic E-state index is 0.235. The third kappa shape index (κ3) is 15.1. The Hall–Kier alpha value is -1.14. The van der Waals surface area contributed by atoms with E-state index in [1.165, 1.54) is 0 Å². The molecule has 0 aliphatic heterocycles. The van der Waals surface area contributed by atoms with E-state index >= 15 is 0 Å². The smallest absolute Gasteiger partial charge is 0.307 e. The summed E-state index contributed by atoms with van der Waals surface area (Å²) in [5.41, 5.74) is 11.1. The summed E-state index contributed by atoms with van der Waals surface area (Å²) >= 11 is 0. The zero-order valence-electron chi connectivity index (χ0n) is 12.9. The zero-order valence-corrected chi connectivity index (χ0v) is 12.9. The number of unbranched alkanes of at least 4 members (excludes halogenated alkanes) is 6. The highest BCUT2D eigenvalue weighted by molar-refractivity contribution is 5.69. The van der Waals surface area contributed by atoms with Crippen molar-refractivity contribution >= 4 is 11.9 Å². The van der Waals surface area contributed by atoms with Crippen molar-refractivity contribution in [2.75, 3.05) is 6.54 Å². The average molecular weight is 302 g/mol. The summed E-state index contributed by atoms with van der Waals surface area (Å²) in [5.74, 6) is -0.971. The van der Waals surface area contributed by atoms with Gasteiger partial charge in [-0.3, -0.25) is 15.3 Å². The molecule has 0 aromatic rings. The number of carboxylic acid groups (broad SMARTS) is 1. The van der Waals surface area contributed by atoms with Crippen LogP contribution < -0.4 is 11.5 Å². The number of esters is 1. The van der Waals surface area contributed by atoms with E-state index in [9.17, 15) is 9.59 Å². The lowest BCUT2D eigenvalue weighted by Crippen LogP contribution is -2.27. The number of ether oxygens (including phenoxy) is 1. The number of nitrogens with two attached hydrogens (primary N) is 2. The third-order valence-electron chi connectivity index (χ3n) is 3.25. The second-order valence-corrected chi connectivity index (χ2v) is 5.33. The van der Waals surface area contributed by atoms with Gasteiger partial charge in [0.1, 0.15) is 0 Å². The van der Waals surface area contributed by atoms with Crippen LogP contribution in [0.2, 0.25) is 0 Å². The number of carbonyl (C=O) groups excluding carboxylic acids is 1. The normalized spacial score (nSPS) is 12.1. The predicted octanol–water partition coefficient (Wildman–Crippen LogP) is 2.15. The molecule has 0 heterocycles. The number of aliphatic carboxylic acids is 1. The van der Waals surface area contributed by atoms with Gasteiger partial charge in [-0.25, -0.2) is 0 Å². The average Bonchev–Trinajstić information content (AvgIpc) is 2.41. The second kappa shape index (κ2) is 13.8. The molecule has 0 saturated carbocycles. The molecule has 0 bridgehead atoms. The van der Waals surface area contributed by atoms with Gasteiger partial charge in [-0.2, -0.15) is 0 Å². The number of carboxylic acids is 1. The highest BCUT2D eigenvalue weighted by Gasteiger charge is 2.09. The van der Waals surface area contributed by atoms with Gasteiger partial charge in [0, 0.05) is 12.8 Å². The second-order valence-electron chi connectivity index (χ2n) is 5.33. The first-order chi connectivity index (χ1) is 10.1. The Morgan fingerprint density at radius 2 is 1.48 bits per heavy atom. The van der Waals surface area contributed by atoms with Crippen LogP contribution in [0.1, 0.15) is 70.6 Å². The maximum absolute atomic E-state index is 11.5. The third-order valence-corrected chi connectivity index (χ3v) is 3.25. The van der Waals surface area contributed by atoms with E-state index in [0.29, 0.717) is 19.4 Å². The summed E-state index contributed by atoms with van der Waals surface area (Å²) in [6, 6.07) is 0. The topological polar surface area (TPSA) is 116 Å². The lowest BCUT2D eigenvalue weighted by atomic mass is 10.1. The van der Waals surface area contributed by atoms with Gasteiger partial charge in [0.25, 0.3) is 0 Å². The van der Waals surface area contributed by atoms with Gasteiger partial charge in [-0.1, -0.05) is 25.7 Å². The lowest BCUT2D eigenvalue weighted by molar-refractivity contribution is -0.149. The molecule has 5 N–H and O–H groups in total. The Bertz CT molecular complexity index is 285. The fourth-order valence-corrected chi connectivity index (χ4v) is 2.03. The van der Waals surface area contributed by atoms with Crippen molar-refractivity contribution in [3.63, 3.8) is 0 Å². The van der Waals surface area contributed by atoms with Crippen molar-refractivity contribution in [1.29, 1.82) is 0 Å². The molecule has 0 rings (SSSR count). The van der Waals surface area contributed by atoms with E-state index < -0.39 is 12.2 Å². The molecule has 6 heteroatoms. The first-order valence-corrected chi connectivity index (χ1v) is 7.93. The van der Waals surface area contributed by atoms with Crippen molar-refractivity contribution < 1.29 is 19.4 Å². The maximum atomic E-state index is 11.5. The summed E-state index contributed by atoms with van der Waals surface area (Å²) in [6.07, 6.45) is 8.03. The van der Waals surface area contributed by atoms with Crippen molar-refractivity contribution in [1.82, 2.24) is 0 Å². The van der Waals surface area contributed by atoms with E-state index in [0.717, 1.165) is 51.4 Å². The Kier molecular flexibility index (Phi) is 13.1. The quantitative estimate of drug-likeness (QED) is 0.257. The SMILES string of the molecule is NCCCCC(N)OC(=O)CCCCCCCCC(=O)O. The minimum Gasteiger partial charge on any atom is -0.481 e. The van der Waals surface area contributed by atoms with E-state index in [4.69, 9.17) is 21.3 Å². The molecule has 0 spiro atoms. The first kappa shape index (κ1) is 19.9. The zero-order chi connectivity index (χ0) is 15.9. The number of hydrogen-bond donors (Lipinski definition) is 3. The first-order valence-electron chi connectivity index (χ1n) is 7.93. The van der Waals surface area contributed by atoms with Gasteiger partial charge in [0.15, 0.2) is 6.23 Å². The maximum Gasteiger partial charge on any atom is 0.307 e. The van der Waals surface area contributed by atoms with E-state index in [1.54, 1.807) is 0 Å². The van der Waals surface area contributed by atoms with E-state index in [-0.39, 0.29) is 12.4 Å². The molecule has 0 amide bonds. The molecule has 1 atom stereocenters. The molecular weight excluding hydrogens is 272 g/mol. The predicted molar refractivity (Wildman–Crippen MR) is 81.5 cm³/mol. The summed E-state index contributed by atoms with van der Waals surface area (Å²) in [5, 5.41) is 8.49. The van der Waals surface area contributed by atoms with Gasteiger partial charge in [0.2, 0.25) is 0 Å². The van der Waals surface area contributed by atoms with E-state index in [1.807, 2.05) is 0 Å². The Morgan fingerprint density at radius 1 is 0.905 bits per heavy atom. The van der Waals surface area contributed by atoms with Gasteiger partial charge in [-0.05, 0) is 38.6 Å². The van der Waals surface area contributed by atoms with E-state index in [2.05, 4.69) is 0 Å². The molecule has 6 nitrogen and oxygen atoms in total. The fraction of sp³-hybridized carbons (Fsp3) is 0.867. The van der Waals surface area contributed by atoms with Crippen LogP contribution in [0.15, 0.2) is 0 Å². The Morgan fingerprint density at radius 3 is 2.05 bits per heavy atom. The number of hydrogen-bond acceptors (Lipinski definition) is 5. The largest absolute Gasteiger partial charge is 0.481 e. The van der Waals surface area contributed by atoms with Crippen molar-refractivity contribution in [2.45, 2.75) is 76.9 Å². The van der Waals surface area contributed by atoms with Crippen LogP contribution in [0.3, 0.4) is 0 Å². The molecule has 21 heavy (non-hydrogen) atoms. The molecule has 0 radical (unpaired) electrons. The van der Waals surface area contributed by atoms with Crippen LogP contribution in [0.5, 0.6) is 0 Å². The van der Waals surface area contributed by atoms with Gasteiger partial charge in [0.05, 0.1) is 0 Å². The van der Waals surface area contributed by atoms with Crippen molar-refractivity contribution in [2.24, 2.45) is 11.5 Å². The standard InChI is InChI=1S/C15H30N2O4/c16-12-8-7-9-13(17)21-15(20)11-6-4-2-1-3-5-10-14(18)19/h13H,1-12,16-17H2,(H,18,19). The molecule has 0 fully saturated rings. The van der Waals surface area contributed by atoms with Gasteiger partial charge >= 0.3 is 11.9 Å². The van der Waals surface area contributed by atoms with Crippen LogP contribution in [0.25, 0.3) is 0 Å². The van der Waals surface area contributed by atoms with Gasteiger partial charge < -0.3 is 15.6 Å². The summed E-state index contributed by atoms with van der Waals surface area (Å²) in [7, 11) is 0. The molecule has 0 aromatic carbocycles. The highest BCUT2D eigenvalue weighted by atomic mass is 16.6. The summed E-state index contributed by atoms with van der Waals surface area (Å²) in [6.45, 7) is 0.632. The monoisotopic (exact) mass is 302 g/mol. The number of rotatable bonds is 14. The van der Waals surface area contributed by atoms with Crippen LogP contribution in [-0.4, -0.2) is 29.8 Å². The van der Waals surface area contributed by atoms with Crippen LogP contribution in [0.4, 0.5) is 0 Å². The number of carbonyl (C=O) groups is 2. The van der Waals surface area contributed by atoms with Gasteiger partial charge in [-0.15, -0.1) is 0 Å². The molecular formula is C15H30N2O4. The van der Waals surface area contributed by atoms with Crippen LogP contribution in [0, 0.1) is 0 Å². The van der Waals surface area contributed by atoms with Crippen LogP contribution >= 0.6 is 0 Å². The van der Waals surface area contributed by atoms with Crippen molar-refractivity contribution in [3.8, 4) is 0 Å². The molecule has 0 aliphatic rings. The molecule has 124 valence electrons. The molecule has 1 unspecified atom stereocenters. The highest BCUT2D eigenvalue weighted by Crippen LogP contribution is 2.10. The Balaban J connectivity index is 3.35. The molecule has 0 saturated heterocycles. The fourth-order valence-electron chi connectivity index (χ4n) is 2.03. The Labute approximate surface area is 127 Å².